The van der Waals surface area contributed by atoms with Crippen molar-refractivity contribution in [2.24, 2.45) is 24.1 Å². The number of aryl methyl sites for hydroxylation is 4. The smallest absolute Gasteiger partial charge is 0.292 e. The Kier molecular flexibility index (Phi) is 14.7. The summed E-state index contributed by atoms with van der Waals surface area (Å²) in [4.78, 5) is 9.10. The van der Waals surface area contributed by atoms with E-state index in [9.17, 15) is 10.2 Å². The number of nitrogens with zero attached hydrogens (tertiary/aromatic N) is 6. The third-order valence-electron chi connectivity index (χ3n) is 11.0. The van der Waals surface area contributed by atoms with Crippen molar-refractivity contribution >= 4 is 23.2 Å². The quantitative estimate of drug-likeness (QED) is 0.0407. The lowest BCUT2D eigenvalue weighted by Gasteiger charge is -2.38. The van der Waals surface area contributed by atoms with Crippen LogP contribution in [0.5, 0.6) is 0 Å². The van der Waals surface area contributed by atoms with Crippen LogP contribution in [0.4, 0.5) is 11.4 Å². The summed E-state index contributed by atoms with van der Waals surface area (Å²) in [5.74, 6) is 0.807. The van der Waals surface area contributed by atoms with E-state index < -0.39 is 0 Å². The van der Waals surface area contributed by atoms with Crippen LogP contribution in [0.2, 0.25) is 0 Å². The molecule has 1 fully saturated rings. The van der Waals surface area contributed by atoms with Gasteiger partial charge in [0, 0.05) is 5.41 Å². The molecule has 8 nitrogen and oxygen atoms in total. The molecule has 52 heavy (non-hydrogen) atoms. The SMILES string of the molecule is CCCCCCCCn1cc[n+](C)c1C([O-])=Nc1ccc(C2(c3ccc(N=C([O-])c4n(CCCCCCCC)cc[n+]4C)cc3)CCCCC2)cc1. The molecule has 0 aliphatic heterocycles. The lowest BCUT2D eigenvalue weighted by atomic mass is 9.65. The summed E-state index contributed by atoms with van der Waals surface area (Å²) in [5.41, 5.74) is 3.72. The Morgan fingerprint density at radius 3 is 1.37 bits per heavy atom. The Morgan fingerprint density at radius 2 is 0.962 bits per heavy atom. The first-order chi connectivity index (χ1) is 25.4. The molecule has 1 saturated carbocycles. The molecule has 8 heteroatoms. The van der Waals surface area contributed by atoms with E-state index in [0.29, 0.717) is 23.0 Å². The fourth-order valence-corrected chi connectivity index (χ4v) is 8.03. The number of rotatable bonds is 20. The van der Waals surface area contributed by atoms with Gasteiger partial charge in [-0.25, -0.2) is 18.3 Å². The summed E-state index contributed by atoms with van der Waals surface area (Å²) in [6, 6.07) is 16.6. The minimum absolute atomic E-state index is 0.125. The molecule has 0 saturated heterocycles. The van der Waals surface area contributed by atoms with Crippen LogP contribution in [0.3, 0.4) is 0 Å². The number of unbranched alkanes of at least 4 members (excludes halogenated alkanes) is 10. The van der Waals surface area contributed by atoms with Gasteiger partial charge in [0.15, 0.2) is 0 Å². The van der Waals surface area contributed by atoms with Crippen molar-refractivity contribution in [3.63, 3.8) is 0 Å². The van der Waals surface area contributed by atoms with E-state index >= 15 is 0 Å². The first kappa shape index (κ1) is 39.0. The Balaban J connectivity index is 1.29. The van der Waals surface area contributed by atoms with Crippen LogP contribution in [-0.2, 0) is 32.6 Å². The van der Waals surface area contributed by atoms with Crippen molar-refractivity contribution in [2.75, 3.05) is 0 Å². The minimum atomic E-state index is -0.212. The predicted octanol–water partition coefficient (Wildman–Crippen LogP) is 7.79. The fourth-order valence-electron chi connectivity index (χ4n) is 8.03. The summed E-state index contributed by atoms with van der Waals surface area (Å²) in [6.07, 6.45) is 28.2. The standard InChI is InChI=1S/C44H62N6O2/c1-5-7-9-11-13-18-30-49-34-32-47(3)42(49)40(51)45-38-24-20-36(21-25-38)44(28-16-15-17-29-44)37-22-26-39(27-23-37)46-41(52)43-48(4)33-35-50(43)31-19-14-12-10-8-6-2/h20-27,32-35H,5-19,28-31H2,1-4H3. The molecule has 4 aromatic rings. The van der Waals surface area contributed by atoms with Crippen molar-refractivity contribution in [3.05, 3.63) is 96.1 Å². The number of aliphatic imine (C=N–C) groups is 2. The molecule has 0 radical (unpaired) electrons. The van der Waals surface area contributed by atoms with Gasteiger partial charge < -0.3 is 10.2 Å². The largest absolute Gasteiger partial charge is 0.853 e. The molecule has 1 aliphatic rings. The van der Waals surface area contributed by atoms with Crippen LogP contribution in [0.15, 0.2) is 83.3 Å². The molecule has 2 heterocycles. The van der Waals surface area contributed by atoms with Gasteiger partial charge in [0.05, 0.1) is 50.4 Å². The predicted molar refractivity (Wildman–Crippen MR) is 207 cm³/mol. The zero-order valence-electron chi connectivity index (χ0n) is 32.4. The average molecular weight is 707 g/mol. The maximum absolute atomic E-state index is 13.4. The van der Waals surface area contributed by atoms with E-state index in [1.54, 1.807) is 0 Å². The molecule has 0 bridgehead atoms. The van der Waals surface area contributed by atoms with Crippen LogP contribution >= 0.6 is 0 Å². The third kappa shape index (κ3) is 10.0. The highest BCUT2D eigenvalue weighted by molar-refractivity contribution is 5.88. The Bertz CT molecular complexity index is 1600. The van der Waals surface area contributed by atoms with Crippen molar-refractivity contribution in [1.82, 2.24) is 9.13 Å². The maximum Gasteiger partial charge on any atom is 0.292 e. The molecule has 280 valence electrons. The second-order valence-electron chi connectivity index (χ2n) is 15.0. The topological polar surface area (TPSA) is 88.5 Å². The van der Waals surface area contributed by atoms with Gasteiger partial charge in [0.25, 0.3) is 11.6 Å². The maximum atomic E-state index is 13.4. The van der Waals surface area contributed by atoms with E-state index in [0.717, 1.165) is 51.6 Å². The van der Waals surface area contributed by atoms with E-state index in [4.69, 9.17) is 0 Å². The van der Waals surface area contributed by atoms with E-state index in [1.165, 1.54) is 81.8 Å². The first-order valence-electron chi connectivity index (χ1n) is 20.2. The second kappa shape index (κ2) is 19.6. The average Bonchev–Trinajstić information content (AvgIpc) is 3.73. The van der Waals surface area contributed by atoms with Crippen molar-refractivity contribution in [1.29, 1.82) is 0 Å². The first-order valence-corrected chi connectivity index (χ1v) is 20.2. The van der Waals surface area contributed by atoms with Gasteiger partial charge in [-0.3, -0.25) is 9.98 Å². The van der Waals surface area contributed by atoms with E-state index in [-0.39, 0.29) is 17.2 Å². The fraction of sp³-hybridized carbons (Fsp3) is 0.545. The molecule has 0 atom stereocenters. The number of hydrogen-bond donors (Lipinski definition) is 0. The van der Waals surface area contributed by atoms with Gasteiger partial charge in [-0.15, -0.1) is 0 Å². The van der Waals surface area contributed by atoms with Crippen molar-refractivity contribution in [2.45, 2.75) is 142 Å². The van der Waals surface area contributed by atoms with Crippen LogP contribution in [0.25, 0.3) is 0 Å². The summed E-state index contributed by atoms with van der Waals surface area (Å²) in [5, 5.41) is 26.9. The molecule has 0 N–H and O–H groups in total. The van der Waals surface area contributed by atoms with Gasteiger partial charge in [-0.2, -0.15) is 0 Å². The molecule has 0 unspecified atom stereocenters. The van der Waals surface area contributed by atoms with Crippen LogP contribution in [0.1, 0.15) is 146 Å². The highest BCUT2D eigenvalue weighted by Crippen LogP contribution is 2.45. The van der Waals surface area contributed by atoms with Gasteiger partial charge in [-0.05, 0) is 73.9 Å². The molecule has 2 aromatic carbocycles. The number of hydrogen-bond acceptors (Lipinski definition) is 4. The van der Waals surface area contributed by atoms with Gasteiger partial charge in [0.2, 0.25) is 0 Å². The highest BCUT2D eigenvalue weighted by atomic mass is 16.3. The Labute approximate surface area is 312 Å². The monoisotopic (exact) mass is 706 g/mol. The zero-order valence-corrected chi connectivity index (χ0v) is 32.4. The summed E-state index contributed by atoms with van der Waals surface area (Å²) < 4.78 is 7.86. The number of benzene rings is 2. The Hall–Kier alpha value is -4.20. The molecular weight excluding hydrogens is 645 g/mol. The summed E-state index contributed by atoms with van der Waals surface area (Å²) in [6.45, 7) is 6.14. The van der Waals surface area contributed by atoms with Crippen molar-refractivity contribution in [3.8, 4) is 0 Å². The van der Waals surface area contributed by atoms with E-state index in [2.05, 4.69) is 57.2 Å². The molecule has 0 amide bonds. The third-order valence-corrected chi connectivity index (χ3v) is 11.0. The number of imidazole rings is 2. The lowest BCUT2D eigenvalue weighted by molar-refractivity contribution is -0.674. The number of aromatic nitrogens is 4. The van der Waals surface area contributed by atoms with Gasteiger partial charge in [-0.1, -0.05) is 109 Å². The van der Waals surface area contributed by atoms with Crippen LogP contribution in [-0.4, -0.2) is 20.9 Å². The van der Waals surface area contributed by atoms with Gasteiger partial charge >= 0.3 is 0 Å². The zero-order chi connectivity index (χ0) is 36.8. The molecule has 1 aliphatic carbocycles. The lowest BCUT2D eigenvalue weighted by Crippen LogP contribution is -2.40. The summed E-state index contributed by atoms with van der Waals surface area (Å²) >= 11 is 0. The highest BCUT2D eigenvalue weighted by Gasteiger charge is 2.35. The van der Waals surface area contributed by atoms with Crippen molar-refractivity contribution < 1.29 is 19.3 Å². The normalized spacial score (nSPS) is 15.0. The molecule has 2 aromatic heterocycles. The van der Waals surface area contributed by atoms with Crippen LogP contribution < -0.4 is 19.3 Å². The molecular formula is C44H62N6O2. The van der Waals surface area contributed by atoms with Crippen LogP contribution in [0, 0.1) is 0 Å². The molecule has 5 rings (SSSR count). The van der Waals surface area contributed by atoms with E-state index in [1.807, 2.05) is 72.3 Å². The Morgan fingerprint density at radius 1 is 0.577 bits per heavy atom. The minimum Gasteiger partial charge on any atom is -0.853 e. The summed E-state index contributed by atoms with van der Waals surface area (Å²) in [7, 11) is 3.83. The second-order valence-corrected chi connectivity index (χ2v) is 15.0. The van der Waals surface area contributed by atoms with Gasteiger partial charge in [0.1, 0.15) is 24.8 Å². The molecule has 0 spiro atoms.